The molecule has 0 aromatic heterocycles. The van der Waals surface area contributed by atoms with Crippen LogP contribution in [0, 0.1) is 5.41 Å². The Hall–Kier alpha value is -0.620. The summed E-state index contributed by atoms with van der Waals surface area (Å²) in [4.78, 5) is 12.6. The average Bonchev–Trinajstić information content (AvgIpc) is 2.44. The molecule has 0 atom stereocenters. The Morgan fingerprint density at radius 1 is 1.50 bits per heavy atom. The summed E-state index contributed by atoms with van der Waals surface area (Å²) in [6.45, 7) is 2.10. The van der Waals surface area contributed by atoms with Crippen LogP contribution in [0.15, 0.2) is 22.7 Å². The van der Waals surface area contributed by atoms with E-state index in [-0.39, 0.29) is 5.91 Å². The van der Waals surface area contributed by atoms with E-state index >= 15 is 0 Å². The van der Waals surface area contributed by atoms with E-state index in [1.54, 1.807) is 13.2 Å². The minimum absolute atomic E-state index is 0.000705. The van der Waals surface area contributed by atoms with E-state index in [0.29, 0.717) is 17.3 Å². The fourth-order valence-electron chi connectivity index (χ4n) is 2.46. The molecule has 0 radical (unpaired) electrons. The molecule has 20 heavy (non-hydrogen) atoms. The van der Waals surface area contributed by atoms with Gasteiger partial charge in [0.25, 0.3) is 0 Å². The molecule has 1 aromatic rings. The number of piperidine rings is 1. The summed E-state index contributed by atoms with van der Waals surface area (Å²) < 4.78 is 6.07. The maximum Gasteiger partial charge on any atom is 0.233 e. The standard InChI is InChI=1S/C14H18BrClN2O2/c1-20-9-14(4-6-17-7-5-14)13(19)18-10-2-3-11(15)12(16)8-10/h2-3,8,17H,4-7,9H2,1H3,(H,18,19). The second kappa shape index (κ2) is 6.89. The molecule has 1 heterocycles. The molecule has 0 saturated carbocycles. The molecule has 1 saturated heterocycles. The van der Waals surface area contributed by atoms with Gasteiger partial charge in [-0.05, 0) is 60.1 Å². The Labute approximate surface area is 132 Å². The van der Waals surface area contributed by atoms with Crippen molar-refractivity contribution in [2.45, 2.75) is 12.8 Å². The first-order chi connectivity index (χ1) is 9.57. The summed E-state index contributed by atoms with van der Waals surface area (Å²) in [5.41, 5.74) is 0.247. The minimum atomic E-state index is -0.459. The van der Waals surface area contributed by atoms with Crippen LogP contribution in [0.2, 0.25) is 5.02 Å². The van der Waals surface area contributed by atoms with Crippen LogP contribution in [0.1, 0.15) is 12.8 Å². The van der Waals surface area contributed by atoms with E-state index in [1.807, 2.05) is 12.1 Å². The van der Waals surface area contributed by atoms with Crippen molar-refractivity contribution in [3.05, 3.63) is 27.7 Å². The van der Waals surface area contributed by atoms with Gasteiger partial charge in [0.15, 0.2) is 0 Å². The highest BCUT2D eigenvalue weighted by atomic mass is 79.9. The predicted octanol–water partition coefficient (Wildman–Crippen LogP) is 3.06. The summed E-state index contributed by atoms with van der Waals surface area (Å²) in [5.74, 6) is -0.000705. The van der Waals surface area contributed by atoms with Crippen molar-refractivity contribution in [3.8, 4) is 0 Å². The van der Waals surface area contributed by atoms with Gasteiger partial charge in [0.05, 0.1) is 17.0 Å². The third kappa shape index (κ3) is 3.52. The van der Waals surface area contributed by atoms with Gasteiger partial charge in [0.2, 0.25) is 5.91 Å². The third-order valence-corrected chi connectivity index (χ3v) is 4.87. The van der Waals surface area contributed by atoms with Gasteiger partial charge in [-0.15, -0.1) is 0 Å². The molecule has 0 bridgehead atoms. The summed E-state index contributed by atoms with van der Waals surface area (Å²) >= 11 is 9.38. The van der Waals surface area contributed by atoms with Crippen molar-refractivity contribution in [3.63, 3.8) is 0 Å². The molecular formula is C14H18BrClN2O2. The highest BCUT2D eigenvalue weighted by Crippen LogP contribution is 2.32. The number of rotatable bonds is 4. The lowest BCUT2D eigenvalue weighted by Crippen LogP contribution is -2.47. The average molecular weight is 362 g/mol. The van der Waals surface area contributed by atoms with Crippen molar-refractivity contribution < 1.29 is 9.53 Å². The molecule has 1 amide bonds. The van der Waals surface area contributed by atoms with Crippen LogP contribution < -0.4 is 10.6 Å². The third-order valence-electron chi connectivity index (χ3n) is 3.64. The fourth-order valence-corrected chi connectivity index (χ4v) is 2.88. The lowest BCUT2D eigenvalue weighted by molar-refractivity contribution is -0.130. The van der Waals surface area contributed by atoms with Crippen molar-refractivity contribution in [2.24, 2.45) is 5.41 Å². The van der Waals surface area contributed by atoms with Crippen LogP contribution >= 0.6 is 27.5 Å². The number of methoxy groups -OCH3 is 1. The Balaban J connectivity index is 2.13. The Kier molecular flexibility index (Phi) is 5.43. The summed E-state index contributed by atoms with van der Waals surface area (Å²) in [7, 11) is 1.63. The molecule has 1 aliphatic heterocycles. The molecule has 4 nitrogen and oxygen atoms in total. The van der Waals surface area contributed by atoms with E-state index < -0.39 is 5.41 Å². The van der Waals surface area contributed by atoms with Crippen LogP contribution in [-0.2, 0) is 9.53 Å². The van der Waals surface area contributed by atoms with Crippen molar-refractivity contribution >= 4 is 39.1 Å². The molecular weight excluding hydrogens is 344 g/mol. The molecule has 6 heteroatoms. The molecule has 1 fully saturated rings. The Morgan fingerprint density at radius 3 is 2.80 bits per heavy atom. The summed E-state index contributed by atoms with van der Waals surface area (Å²) in [6, 6.07) is 5.39. The summed E-state index contributed by atoms with van der Waals surface area (Å²) in [5, 5.41) is 6.80. The molecule has 0 spiro atoms. The SMILES string of the molecule is COCC1(C(=O)Nc2ccc(Br)c(Cl)c2)CCNCC1. The normalized spacial score (nSPS) is 17.8. The first kappa shape index (κ1) is 15.8. The fraction of sp³-hybridized carbons (Fsp3) is 0.500. The number of carbonyl (C=O) groups is 1. The Bertz CT molecular complexity index is 485. The lowest BCUT2D eigenvalue weighted by Gasteiger charge is -2.35. The van der Waals surface area contributed by atoms with E-state index in [4.69, 9.17) is 16.3 Å². The number of carbonyl (C=O) groups excluding carboxylic acids is 1. The number of amides is 1. The molecule has 2 rings (SSSR count). The largest absolute Gasteiger partial charge is 0.384 e. The van der Waals surface area contributed by atoms with E-state index in [2.05, 4.69) is 26.6 Å². The lowest BCUT2D eigenvalue weighted by atomic mass is 9.78. The van der Waals surface area contributed by atoms with Crippen LogP contribution in [0.4, 0.5) is 5.69 Å². The number of benzene rings is 1. The van der Waals surface area contributed by atoms with Crippen LogP contribution in [-0.4, -0.2) is 32.7 Å². The molecule has 0 unspecified atom stereocenters. The van der Waals surface area contributed by atoms with Crippen LogP contribution in [0.3, 0.4) is 0 Å². The molecule has 0 aliphatic carbocycles. The number of anilines is 1. The molecule has 1 aromatic carbocycles. The highest BCUT2D eigenvalue weighted by molar-refractivity contribution is 9.10. The van der Waals surface area contributed by atoms with Gasteiger partial charge < -0.3 is 15.4 Å². The number of ether oxygens (including phenoxy) is 1. The van der Waals surface area contributed by atoms with Gasteiger partial charge in [0.1, 0.15) is 0 Å². The van der Waals surface area contributed by atoms with Gasteiger partial charge in [-0.2, -0.15) is 0 Å². The zero-order valence-corrected chi connectivity index (χ0v) is 13.7. The van der Waals surface area contributed by atoms with Gasteiger partial charge in [0, 0.05) is 17.3 Å². The second-order valence-electron chi connectivity index (χ2n) is 5.05. The zero-order chi connectivity index (χ0) is 14.6. The van der Waals surface area contributed by atoms with Crippen molar-refractivity contribution in [1.82, 2.24) is 5.32 Å². The maximum atomic E-state index is 12.6. The zero-order valence-electron chi connectivity index (χ0n) is 11.3. The van der Waals surface area contributed by atoms with Crippen molar-refractivity contribution in [1.29, 1.82) is 0 Å². The van der Waals surface area contributed by atoms with Crippen LogP contribution in [0.5, 0.6) is 0 Å². The molecule has 2 N–H and O–H groups in total. The number of hydrogen-bond donors (Lipinski definition) is 2. The van der Waals surface area contributed by atoms with E-state index in [9.17, 15) is 4.79 Å². The van der Waals surface area contributed by atoms with Crippen LogP contribution in [0.25, 0.3) is 0 Å². The van der Waals surface area contributed by atoms with Gasteiger partial charge >= 0.3 is 0 Å². The van der Waals surface area contributed by atoms with Gasteiger partial charge in [-0.3, -0.25) is 4.79 Å². The topological polar surface area (TPSA) is 50.4 Å². The first-order valence-electron chi connectivity index (χ1n) is 6.53. The Morgan fingerprint density at radius 2 is 2.20 bits per heavy atom. The van der Waals surface area contributed by atoms with E-state index in [0.717, 1.165) is 30.4 Å². The highest BCUT2D eigenvalue weighted by Gasteiger charge is 2.39. The number of halogens is 2. The second-order valence-corrected chi connectivity index (χ2v) is 6.31. The predicted molar refractivity (Wildman–Crippen MR) is 84.2 cm³/mol. The first-order valence-corrected chi connectivity index (χ1v) is 7.71. The van der Waals surface area contributed by atoms with Gasteiger partial charge in [-0.1, -0.05) is 11.6 Å². The number of nitrogens with one attached hydrogen (secondary N) is 2. The van der Waals surface area contributed by atoms with Crippen molar-refractivity contribution in [2.75, 3.05) is 32.1 Å². The van der Waals surface area contributed by atoms with Gasteiger partial charge in [-0.25, -0.2) is 0 Å². The minimum Gasteiger partial charge on any atom is -0.384 e. The molecule has 110 valence electrons. The maximum absolute atomic E-state index is 12.6. The van der Waals surface area contributed by atoms with E-state index in [1.165, 1.54) is 0 Å². The quantitative estimate of drug-likeness (QED) is 0.866. The number of hydrogen-bond acceptors (Lipinski definition) is 3. The molecule has 1 aliphatic rings. The monoisotopic (exact) mass is 360 g/mol. The summed E-state index contributed by atoms with van der Waals surface area (Å²) in [6.07, 6.45) is 1.55. The smallest absolute Gasteiger partial charge is 0.233 e.